The summed E-state index contributed by atoms with van der Waals surface area (Å²) in [7, 11) is 0. The molecule has 5 nitrogen and oxygen atoms in total. The third-order valence-corrected chi connectivity index (χ3v) is 5.73. The highest BCUT2D eigenvalue weighted by molar-refractivity contribution is 6.21. The van der Waals surface area contributed by atoms with Crippen LogP contribution >= 0.6 is 11.6 Å². The van der Waals surface area contributed by atoms with Crippen LogP contribution in [-0.4, -0.2) is 50.1 Å². The van der Waals surface area contributed by atoms with E-state index in [0.29, 0.717) is 25.7 Å². The highest BCUT2D eigenvalue weighted by Gasteiger charge is 2.39. The number of hydrogen-bond acceptors (Lipinski definition) is 4. The number of carboxylic acids is 1. The maximum Gasteiger partial charge on any atom is 0.303 e. The summed E-state index contributed by atoms with van der Waals surface area (Å²) < 4.78 is 0. The van der Waals surface area contributed by atoms with Crippen molar-refractivity contribution in [2.75, 3.05) is 0 Å². The first-order valence-electron chi connectivity index (χ1n) is 9.89. The van der Waals surface area contributed by atoms with Gasteiger partial charge in [0.25, 0.3) is 0 Å². The number of carboxylic acid groups (broad SMARTS) is 1. The largest absolute Gasteiger partial charge is 0.481 e. The number of unbranched alkanes of at least 4 members (excludes halogenated alkanes) is 3. The Hall–Kier alpha value is -0.620. The predicted octanol–water partition coefficient (Wildman–Crippen LogP) is 3.48. The number of hydrogen-bond donors (Lipinski definition) is 4. The Morgan fingerprint density at radius 1 is 1.15 bits per heavy atom. The van der Waals surface area contributed by atoms with Gasteiger partial charge in [0.15, 0.2) is 0 Å². The average molecular weight is 391 g/mol. The van der Waals surface area contributed by atoms with E-state index in [1.54, 1.807) is 13.0 Å². The van der Waals surface area contributed by atoms with Gasteiger partial charge < -0.3 is 20.4 Å². The molecule has 0 bridgehead atoms. The van der Waals surface area contributed by atoms with Gasteiger partial charge in [-0.2, -0.15) is 0 Å². The molecule has 0 aromatic heterocycles. The van der Waals surface area contributed by atoms with Crippen molar-refractivity contribution in [2.45, 2.75) is 94.8 Å². The molecule has 0 unspecified atom stereocenters. The molecule has 6 heteroatoms. The van der Waals surface area contributed by atoms with Crippen molar-refractivity contribution in [3.8, 4) is 0 Å². The quantitative estimate of drug-likeness (QED) is 0.219. The van der Waals surface area contributed by atoms with Gasteiger partial charge in [-0.3, -0.25) is 4.79 Å². The van der Waals surface area contributed by atoms with Crippen molar-refractivity contribution >= 4 is 17.6 Å². The summed E-state index contributed by atoms with van der Waals surface area (Å²) in [4.78, 5) is 10.5. The Morgan fingerprint density at radius 3 is 2.50 bits per heavy atom. The molecule has 0 aliphatic heterocycles. The summed E-state index contributed by atoms with van der Waals surface area (Å²) in [6, 6.07) is 0. The van der Waals surface area contributed by atoms with Gasteiger partial charge in [-0.15, -0.1) is 11.6 Å². The van der Waals surface area contributed by atoms with Crippen LogP contribution in [0.2, 0.25) is 0 Å². The Kier molecular flexibility index (Phi) is 11.4. The summed E-state index contributed by atoms with van der Waals surface area (Å²) in [5.41, 5.74) is 0. The van der Waals surface area contributed by atoms with E-state index in [0.717, 1.165) is 32.1 Å². The van der Waals surface area contributed by atoms with Gasteiger partial charge in [-0.1, -0.05) is 31.4 Å². The number of aliphatic hydroxyl groups is 3. The van der Waals surface area contributed by atoms with E-state index < -0.39 is 18.2 Å². The molecule has 6 atom stereocenters. The molecule has 26 heavy (non-hydrogen) atoms. The summed E-state index contributed by atoms with van der Waals surface area (Å²) in [5.74, 6) is -0.600. The zero-order valence-corrected chi connectivity index (χ0v) is 16.5. The smallest absolute Gasteiger partial charge is 0.303 e. The average Bonchev–Trinajstić information content (AvgIpc) is 2.81. The third-order valence-electron chi connectivity index (χ3n) is 5.23. The van der Waals surface area contributed by atoms with Crippen molar-refractivity contribution < 1.29 is 25.2 Å². The first-order chi connectivity index (χ1) is 12.3. The fourth-order valence-corrected chi connectivity index (χ4v) is 4.19. The summed E-state index contributed by atoms with van der Waals surface area (Å²) in [5, 5.41) is 38.2. The van der Waals surface area contributed by atoms with Crippen LogP contribution < -0.4 is 0 Å². The molecule has 4 N–H and O–H groups in total. The lowest BCUT2D eigenvalue weighted by molar-refractivity contribution is -0.137. The number of alkyl halides is 1. The van der Waals surface area contributed by atoms with Crippen LogP contribution in [0.25, 0.3) is 0 Å². The van der Waals surface area contributed by atoms with Crippen LogP contribution in [0, 0.1) is 11.8 Å². The normalized spacial score (nSPS) is 28.5. The van der Waals surface area contributed by atoms with Crippen LogP contribution in [0.5, 0.6) is 0 Å². The predicted molar refractivity (Wildman–Crippen MR) is 103 cm³/mol. The highest BCUT2D eigenvalue weighted by Crippen LogP contribution is 2.40. The SMILES string of the molecule is C[C@@H](O)CCC[C@@H](O)/C=C/[C@@H]1[C@@H](CCCCCCC(=O)O)[C@H](Cl)C[C@H]1O. The lowest BCUT2D eigenvalue weighted by Gasteiger charge is -2.21. The van der Waals surface area contributed by atoms with Crippen LogP contribution in [-0.2, 0) is 4.79 Å². The second kappa shape index (κ2) is 12.7. The van der Waals surface area contributed by atoms with E-state index in [9.17, 15) is 20.1 Å². The number of aliphatic carboxylic acids is 1. The topological polar surface area (TPSA) is 98.0 Å². The third kappa shape index (κ3) is 9.36. The molecule has 1 saturated carbocycles. The lowest BCUT2D eigenvalue weighted by Crippen LogP contribution is -2.19. The lowest BCUT2D eigenvalue weighted by atomic mass is 9.88. The molecule has 1 rings (SSSR count). The van der Waals surface area contributed by atoms with Gasteiger partial charge in [-0.25, -0.2) is 0 Å². The zero-order chi connectivity index (χ0) is 19.5. The maximum absolute atomic E-state index is 10.5. The van der Waals surface area contributed by atoms with Gasteiger partial charge in [0.2, 0.25) is 0 Å². The van der Waals surface area contributed by atoms with Gasteiger partial charge in [0.1, 0.15) is 0 Å². The van der Waals surface area contributed by atoms with Crippen molar-refractivity contribution in [3.63, 3.8) is 0 Å². The summed E-state index contributed by atoms with van der Waals surface area (Å²) >= 11 is 6.42. The van der Waals surface area contributed by atoms with Gasteiger partial charge in [-0.05, 0) is 51.4 Å². The van der Waals surface area contributed by atoms with E-state index in [-0.39, 0.29) is 29.7 Å². The molecule has 0 spiro atoms. The summed E-state index contributed by atoms with van der Waals surface area (Å²) in [6.07, 6.45) is 9.56. The van der Waals surface area contributed by atoms with Crippen LogP contribution in [0.3, 0.4) is 0 Å². The van der Waals surface area contributed by atoms with Crippen LogP contribution in [0.1, 0.15) is 71.1 Å². The maximum atomic E-state index is 10.5. The van der Waals surface area contributed by atoms with Crippen molar-refractivity contribution in [1.29, 1.82) is 0 Å². The molecular weight excluding hydrogens is 356 g/mol. The van der Waals surface area contributed by atoms with Crippen molar-refractivity contribution in [3.05, 3.63) is 12.2 Å². The molecule has 1 fully saturated rings. The zero-order valence-electron chi connectivity index (χ0n) is 15.8. The van der Waals surface area contributed by atoms with Crippen LogP contribution in [0.4, 0.5) is 0 Å². The fraction of sp³-hybridized carbons (Fsp3) is 0.850. The highest BCUT2D eigenvalue weighted by atomic mass is 35.5. The molecule has 0 aromatic carbocycles. The van der Waals surface area contributed by atoms with Gasteiger partial charge >= 0.3 is 5.97 Å². The molecule has 0 saturated heterocycles. The van der Waals surface area contributed by atoms with E-state index in [2.05, 4.69) is 0 Å². The first-order valence-corrected chi connectivity index (χ1v) is 10.3. The Bertz CT molecular complexity index is 426. The molecule has 0 amide bonds. The van der Waals surface area contributed by atoms with Gasteiger partial charge in [0.05, 0.1) is 18.3 Å². The summed E-state index contributed by atoms with van der Waals surface area (Å²) in [6.45, 7) is 1.74. The monoisotopic (exact) mass is 390 g/mol. The van der Waals surface area contributed by atoms with E-state index in [4.69, 9.17) is 16.7 Å². The fourth-order valence-electron chi connectivity index (χ4n) is 3.72. The van der Waals surface area contributed by atoms with E-state index in [1.807, 2.05) is 6.08 Å². The van der Waals surface area contributed by atoms with Crippen molar-refractivity contribution in [2.24, 2.45) is 11.8 Å². The number of rotatable bonds is 13. The number of carbonyl (C=O) groups is 1. The molecule has 0 heterocycles. The molecule has 1 aliphatic rings. The first kappa shape index (κ1) is 23.4. The minimum atomic E-state index is -0.748. The second-order valence-electron chi connectivity index (χ2n) is 7.64. The number of halogens is 1. The van der Waals surface area contributed by atoms with Crippen LogP contribution in [0.15, 0.2) is 12.2 Å². The van der Waals surface area contributed by atoms with Crippen molar-refractivity contribution in [1.82, 2.24) is 0 Å². The minimum Gasteiger partial charge on any atom is -0.481 e. The minimum absolute atomic E-state index is 0.0389. The standard InChI is InChI=1S/C20H35ClO5/c1-14(22)7-6-8-15(23)11-12-17-16(18(21)13-19(17)24)9-4-2-3-5-10-20(25)26/h11-12,14-19,22-24H,2-10,13H2,1H3,(H,25,26)/b12-11+/t14-,15-,16-,17-,18-,19-/m1/s1. The Labute approximate surface area is 162 Å². The van der Waals surface area contributed by atoms with E-state index in [1.165, 1.54) is 0 Å². The van der Waals surface area contributed by atoms with E-state index >= 15 is 0 Å². The Balaban J connectivity index is 2.38. The van der Waals surface area contributed by atoms with Gasteiger partial charge in [0, 0.05) is 17.7 Å². The molecule has 152 valence electrons. The second-order valence-corrected chi connectivity index (χ2v) is 8.20. The number of aliphatic hydroxyl groups excluding tert-OH is 3. The molecular formula is C20H35ClO5. The molecule has 1 aliphatic carbocycles. The Morgan fingerprint density at radius 2 is 1.85 bits per heavy atom. The molecule has 0 aromatic rings. The molecule has 0 radical (unpaired) electrons.